The molecule has 0 unspecified atom stereocenters. The van der Waals surface area contributed by atoms with Gasteiger partial charge >= 0.3 is 5.97 Å². The summed E-state index contributed by atoms with van der Waals surface area (Å²) in [5.41, 5.74) is 2.16. The Morgan fingerprint density at radius 3 is 2.66 bits per heavy atom. The van der Waals surface area contributed by atoms with Gasteiger partial charge in [0, 0.05) is 10.4 Å². The zero-order valence-corrected chi connectivity index (χ0v) is 18.5. The van der Waals surface area contributed by atoms with Crippen LogP contribution in [0.3, 0.4) is 0 Å². The summed E-state index contributed by atoms with van der Waals surface area (Å²) in [4.78, 5) is 26.2. The van der Waals surface area contributed by atoms with Gasteiger partial charge in [-0.3, -0.25) is 4.79 Å². The summed E-state index contributed by atoms with van der Waals surface area (Å²) in [5.74, 6) is 0.154. The van der Waals surface area contributed by atoms with Gasteiger partial charge in [0.1, 0.15) is 10.8 Å². The second kappa shape index (κ2) is 10.8. The Morgan fingerprint density at radius 2 is 2.00 bits per heavy atom. The second-order valence-corrected chi connectivity index (χ2v) is 8.14. The fourth-order valence-corrected chi connectivity index (χ4v) is 3.94. The summed E-state index contributed by atoms with van der Waals surface area (Å²) >= 11 is 1.43. The Hall–Kier alpha value is -2.60. The number of methoxy groups -OCH3 is 1. The van der Waals surface area contributed by atoms with Crippen molar-refractivity contribution in [2.24, 2.45) is 0 Å². The minimum Gasteiger partial charge on any atom is -0.497 e. The van der Waals surface area contributed by atoms with Gasteiger partial charge in [0.25, 0.3) is 5.91 Å². The van der Waals surface area contributed by atoms with Crippen LogP contribution in [0.4, 0.5) is 5.00 Å². The summed E-state index contributed by atoms with van der Waals surface area (Å²) in [6.45, 7) is 8.35. The molecule has 1 aromatic carbocycles. The molecule has 0 bridgehead atoms. The number of hydrogen-bond acceptors (Lipinski definition) is 5. The van der Waals surface area contributed by atoms with Crippen LogP contribution >= 0.6 is 11.3 Å². The SMILES string of the molecule is CCOC(=O)c1cc([C@@H](C)CCC=C(C)C)sc1NC(=O)c1cccc(OC)c1. The zero-order chi connectivity index (χ0) is 21.4. The van der Waals surface area contributed by atoms with Crippen LogP contribution < -0.4 is 10.1 Å². The molecule has 0 fully saturated rings. The van der Waals surface area contributed by atoms with Crippen LogP contribution in [0.5, 0.6) is 5.75 Å². The maximum Gasteiger partial charge on any atom is 0.341 e. The second-order valence-electron chi connectivity index (χ2n) is 7.06. The normalized spacial score (nSPS) is 11.5. The minimum atomic E-state index is -0.424. The fourth-order valence-electron chi connectivity index (χ4n) is 2.81. The van der Waals surface area contributed by atoms with Gasteiger partial charge in [-0.2, -0.15) is 0 Å². The Bertz CT molecular complexity index is 881. The van der Waals surface area contributed by atoms with Gasteiger partial charge in [-0.05, 0) is 63.8 Å². The lowest BCUT2D eigenvalue weighted by Gasteiger charge is -2.08. The van der Waals surface area contributed by atoms with Gasteiger partial charge < -0.3 is 14.8 Å². The lowest BCUT2D eigenvalue weighted by molar-refractivity contribution is 0.0528. The summed E-state index contributed by atoms with van der Waals surface area (Å²) in [6, 6.07) is 8.74. The van der Waals surface area contributed by atoms with E-state index in [1.807, 2.05) is 6.07 Å². The van der Waals surface area contributed by atoms with Gasteiger partial charge in [0.15, 0.2) is 0 Å². The van der Waals surface area contributed by atoms with Crippen molar-refractivity contribution in [3.63, 3.8) is 0 Å². The summed E-state index contributed by atoms with van der Waals surface area (Å²) in [5, 5.41) is 3.39. The highest BCUT2D eigenvalue weighted by atomic mass is 32.1. The van der Waals surface area contributed by atoms with Crippen LogP contribution in [0.2, 0.25) is 0 Å². The first-order valence-electron chi connectivity index (χ1n) is 9.75. The molecule has 1 heterocycles. The highest BCUT2D eigenvalue weighted by Gasteiger charge is 2.22. The predicted molar refractivity (Wildman–Crippen MR) is 118 cm³/mol. The maximum atomic E-state index is 12.7. The summed E-state index contributed by atoms with van der Waals surface area (Å²) in [6.07, 6.45) is 4.15. The third kappa shape index (κ3) is 6.46. The van der Waals surface area contributed by atoms with E-state index in [4.69, 9.17) is 9.47 Å². The number of amides is 1. The number of rotatable bonds is 9. The third-order valence-electron chi connectivity index (χ3n) is 4.44. The monoisotopic (exact) mass is 415 g/mol. The topological polar surface area (TPSA) is 64.6 Å². The number of benzene rings is 1. The van der Waals surface area contributed by atoms with E-state index in [2.05, 4.69) is 32.2 Å². The van der Waals surface area contributed by atoms with Crippen LogP contribution in [0.15, 0.2) is 42.0 Å². The van der Waals surface area contributed by atoms with Gasteiger partial charge in [-0.15, -0.1) is 11.3 Å². The first-order valence-corrected chi connectivity index (χ1v) is 10.6. The van der Waals surface area contributed by atoms with Crippen molar-refractivity contribution in [3.8, 4) is 5.75 Å². The molecule has 0 aliphatic carbocycles. The number of anilines is 1. The van der Waals surface area contributed by atoms with E-state index >= 15 is 0 Å². The first-order chi connectivity index (χ1) is 13.8. The number of nitrogens with one attached hydrogen (secondary N) is 1. The lowest BCUT2D eigenvalue weighted by Crippen LogP contribution is -2.14. The molecule has 0 aliphatic rings. The molecule has 0 saturated heterocycles. The molecule has 5 nitrogen and oxygen atoms in total. The lowest BCUT2D eigenvalue weighted by atomic mass is 10.0. The van der Waals surface area contributed by atoms with Crippen LogP contribution in [0.1, 0.15) is 72.0 Å². The average molecular weight is 416 g/mol. The molecule has 1 amide bonds. The highest BCUT2D eigenvalue weighted by Crippen LogP contribution is 2.36. The molecule has 1 N–H and O–H groups in total. The van der Waals surface area contributed by atoms with Crippen molar-refractivity contribution in [3.05, 3.63) is 58.0 Å². The number of allylic oxidation sites excluding steroid dienone is 2. The van der Waals surface area contributed by atoms with Crippen LogP contribution in [-0.4, -0.2) is 25.6 Å². The van der Waals surface area contributed by atoms with Gasteiger partial charge in [-0.25, -0.2) is 4.79 Å². The number of carbonyl (C=O) groups excluding carboxylic acids is 2. The molecule has 29 heavy (non-hydrogen) atoms. The molecule has 0 spiro atoms. The number of ether oxygens (including phenoxy) is 2. The van der Waals surface area contributed by atoms with Gasteiger partial charge in [0.2, 0.25) is 0 Å². The van der Waals surface area contributed by atoms with Crippen molar-refractivity contribution >= 4 is 28.2 Å². The first kappa shape index (κ1) is 22.7. The third-order valence-corrected chi connectivity index (χ3v) is 5.73. The van der Waals surface area contributed by atoms with Gasteiger partial charge in [-0.1, -0.05) is 24.6 Å². The van der Waals surface area contributed by atoms with E-state index in [-0.39, 0.29) is 18.4 Å². The molecular weight excluding hydrogens is 386 g/mol. The van der Waals surface area contributed by atoms with Crippen molar-refractivity contribution in [2.45, 2.75) is 46.5 Å². The molecule has 2 aromatic rings. The molecule has 156 valence electrons. The van der Waals surface area contributed by atoms with E-state index < -0.39 is 5.97 Å². The fraction of sp³-hybridized carbons (Fsp3) is 0.391. The zero-order valence-electron chi connectivity index (χ0n) is 17.7. The Labute approximate surface area is 176 Å². The maximum absolute atomic E-state index is 12.7. The number of thiophene rings is 1. The Balaban J connectivity index is 2.25. The number of hydrogen-bond donors (Lipinski definition) is 1. The van der Waals surface area contributed by atoms with E-state index in [0.29, 0.717) is 21.9 Å². The van der Waals surface area contributed by atoms with E-state index in [0.717, 1.165) is 17.7 Å². The van der Waals surface area contributed by atoms with Crippen LogP contribution in [0.25, 0.3) is 0 Å². The van der Waals surface area contributed by atoms with E-state index in [9.17, 15) is 9.59 Å². The molecule has 0 saturated carbocycles. The molecule has 1 aromatic heterocycles. The highest BCUT2D eigenvalue weighted by molar-refractivity contribution is 7.16. The molecule has 0 aliphatic heterocycles. The predicted octanol–water partition coefficient (Wildman–Crippen LogP) is 6.04. The van der Waals surface area contributed by atoms with E-state index in [1.54, 1.807) is 38.3 Å². The van der Waals surface area contributed by atoms with Crippen molar-refractivity contribution in [1.82, 2.24) is 0 Å². The molecule has 2 rings (SSSR count). The standard InChI is InChI=1S/C23H29NO4S/c1-6-28-23(26)19-14-20(16(4)10-7-9-15(2)3)29-22(19)24-21(25)17-11-8-12-18(13-17)27-5/h8-9,11-14,16H,6-7,10H2,1-5H3,(H,24,25)/t16-/m0/s1. The minimum absolute atomic E-state index is 0.270. The van der Waals surface area contributed by atoms with E-state index in [1.165, 1.54) is 16.9 Å². The molecule has 6 heteroatoms. The van der Waals surface area contributed by atoms with Crippen LogP contribution in [-0.2, 0) is 4.74 Å². The number of esters is 1. The Morgan fingerprint density at radius 1 is 1.24 bits per heavy atom. The quantitative estimate of drug-likeness (QED) is 0.401. The van der Waals surface area contributed by atoms with Crippen LogP contribution in [0, 0.1) is 0 Å². The van der Waals surface area contributed by atoms with Crippen molar-refractivity contribution in [1.29, 1.82) is 0 Å². The Kier molecular flexibility index (Phi) is 8.46. The molecule has 1 atom stereocenters. The van der Waals surface area contributed by atoms with Crippen molar-refractivity contribution < 1.29 is 19.1 Å². The van der Waals surface area contributed by atoms with Gasteiger partial charge in [0.05, 0.1) is 19.3 Å². The molecular formula is C23H29NO4S. The number of carbonyl (C=O) groups is 2. The summed E-state index contributed by atoms with van der Waals surface area (Å²) in [7, 11) is 1.55. The average Bonchev–Trinajstić information content (AvgIpc) is 3.11. The summed E-state index contributed by atoms with van der Waals surface area (Å²) < 4.78 is 10.4. The molecule has 0 radical (unpaired) electrons. The van der Waals surface area contributed by atoms with Crippen molar-refractivity contribution in [2.75, 3.05) is 19.0 Å². The smallest absolute Gasteiger partial charge is 0.341 e. The largest absolute Gasteiger partial charge is 0.497 e.